The van der Waals surface area contributed by atoms with E-state index in [-0.39, 0.29) is 5.91 Å². The average Bonchev–Trinajstić information content (AvgIpc) is 2.69. The van der Waals surface area contributed by atoms with E-state index in [1.54, 1.807) is 36.0 Å². The van der Waals surface area contributed by atoms with Crippen LogP contribution in [0.3, 0.4) is 0 Å². The number of carbonyl (C=O) groups excluding carboxylic acids is 1. The lowest BCUT2D eigenvalue weighted by Gasteiger charge is -2.14. The predicted octanol–water partition coefficient (Wildman–Crippen LogP) is 6.66. The van der Waals surface area contributed by atoms with Gasteiger partial charge in [0.15, 0.2) is 5.75 Å². The van der Waals surface area contributed by atoms with E-state index in [1.807, 2.05) is 54.6 Å². The van der Waals surface area contributed by atoms with Crippen LogP contribution >= 0.6 is 23.4 Å². The van der Waals surface area contributed by atoms with Crippen molar-refractivity contribution in [1.82, 2.24) is 0 Å². The number of carbonyl (C=O) groups is 1. The van der Waals surface area contributed by atoms with Gasteiger partial charge in [-0.15, -0.1) is 18.3 Å². The van der Waals surface area contributed by atoms with Crippen molar-refractivity contribution in [2.24, 2.45) is 0 Å². The second-order valence-corrected chi connectivity index (χ2v) is 7.10. The zero-order chi connectivity index (χ0) is 19.1. The van der Waals surface area contributed by atoms with Crippen LogP contribution in [-0.4, -0.2) is 11.7 Å². The fourth-order valence-electron chi connectivity index (χ4n) is 2.42. The third kappa shape index (κ3) is 5.16. The van der Waals surface area contributed by atoms with Crippen LogP contribution in [0.4, 0.5) is 5.69 Å². The van der Waals surface area contributed by atoms with Crippen molar-refractivity contribution in [3.63, 3.8) is 0 Å². The van der Waals surface area contributed by atoms with E-state index >= 15 is 0 Å². The van der Waals surface area contributed by atoms with Crippen molar-refractivity contribution < 1.29 is 9.53 Å². The van der Waals surface area contributed by atoms with Crippen molar-refractivity contribution >= 4 is 35.0 Å². The summed E-state index contributed by atoms with van der Waals surface area (Å²) in [7, 11) is 0. The first-order chi connectivity index (χ1) is 13.2. The highest BCUT2D eigenvalue weighted by molar-refractivity contribution is 7.99. The normalized spacial score (nSPS) is 10.3. The maximum absolute atomic E-state index is 12.9. The van der Waals surface area contributed by atoms with Crippen LogP contribution in [-0.2, 0) is 0 Å². The molecular weight excluding hydrogens is 378 g/mol. The molecule has 0 aliphatic rings. The maximum atomic E-state index is 12.9. The third-order valence-electron chi connectivity index (χ3n) is 3.65. The zero-order valence-corrected chi connectivity index (χ0v) is 16.1. The van der Waals surface area contributed by atoms with Gasteiger partial charge in [0.05, 0.1) is 11.3 Å². The van der Waals surface area contributed by atoms with E-state index in [0.717, 1.165) is 10.6 Å². The van der Waals surface area contributed by atoms with Gasteiger partial charge in [0.25, 0.3) is 5.91 Å². The second-order valence-electron chi connectivity index (χ2n) is 5.61. The molecule has 0 atom stereocenters. The molecular formula is C22H18ClNO2S. The summed E-state index contributed by atoms with van der Waals surface area (Å²) in [4.78, 5) is 13.8. The minimum absolute atomic E-state index is 0.220. The number of nitrogens with one attached hydrogen (secondary N) is 1. The lowest BCUT2D eigenvalue weighted by Crippen LogP contribution is -2.13. The van der Waals surface area contributed by atoms with Gasteiger partial charge in [-0.1, -0.05) is 48.0 Å². The summed E-state index contributed by atoms with van der Waals surface area (Å²) in [6.45, 7) is 3.73. The fourth-order valence-corrected chi connectivity index (χ4v) is 3.38. The number of thioether (sulfide) groups is 1. The molecule has 0 aliphatic heterocycles. The highest BCUT2D eigenvalue weighted by Crippen LogP contribution is 2.33. The Morgan fingerprint density at radius 1 is 1.07 bits per heavy atom. The van der Waals surface area contributed by atoms with Gasteiger partial charge in [-0.2, -0.15) is 0 Å². The monoisotopic (exact) mass is 395 g/mol. The number of halogens is 1. The van der Waals surface area contributed by atoms with Gasteiger partial charge in [0.2, 0.25) is 0 Å². The first-order valence-electron chi connectivity index (χ1n) is 8.34. The smallest absolute Gasteiger partial charge is 0.256 e. The maximum Gasteiger partial charge on any atom is 0.256 e. The summed E-state index contributed by atoms with van der Waals surface area (Å²) in [6, 6.07) is 22.0. The Bertz CT molecular complexity index is 944. The van der Waals surface area contributed by atoms with Crippen LogP contribution in [0.25, 0.3) is 0 Å². The molecule has 1 amide bonds. The second kappa shape index (κ2) is 9.31. The van der Waals surface area contributed by atoms with E-state index < -0.39 is 0 Å². The summed E-state index contributed by atoms with van der Waals surface area (Å²) < 4.78 is 5.90. The summed E-state index contributed by atoms with van der Waals surface area (Å²) in [5.41, 5.74) is 1.11. The van der Waals surface area contributed by atoms with Crippen LogP contribution in [0.2, 0.25) is 5.02 Å². The third-order valence-corrected chi connectivity index (χ3v) is 4.95. The van der Waals surface area contributed by atoms with Gasteiger partial charge in [-0.05, 0) is 42.5 Å². The summed E-state index contributed by atoms with van der Waals surface area (Å²) in [5, 5.41) is 3.43. The first kappa shape index (κ1) is 19.1. The molecule has 0 radical (unpaired) electrons. The van der Waals surface area contributed by atoms with Crippen LogP contribution in [0.5, 0.6) is 11.5 Å². The molecule has 3 aromatic carbocycles. The highest BCUT2D eigenvalue weighted by Gasteiger charge is 2.14. The van der Waals surface area contributed by atoms with E-state index in [9.17, 15) is 4.79 Å². The van der Waals surface area contributed by atoms with Crippen molar-refractivity contribution in [2.75, 3.05) is 11.1 Å². The molecule has 5 heteroatoms. The zero-order valence-electron chi connectivity index (χ0n) is 14.5. The first-order valence-corrected chi connectivity index (χ1v) is 9.70. The number of amides is 1. The van der Waals surface area contributed by atoms with Gasteiger partial charge < -0.3 is 10.1 Å². The topological polar surface area (TPSA) is 38.3 Å². The summed E-state index contributed by atoms with van der Waals surface area (Å²) in [5.74, 6) is 1.71. The summed E-state index contributed by atoms with van der Waals surface area (Å²) >= 11 is 7.69. The minimum Gasteiger partial charge on any atom is -0.455 e. The van der Waals surface area contributed by atoms with E-state index in [2.05, 4.69) is 11.9 Å². The molecule has 0 bridgehead atoms. The molecule has 27 heavy (non-hydrogen) atoms. The molecule has 0 aromatic heterocycles. The number of benzene rings is 3. The van der Waals surface area contributed by atoms with E-state index in [0.29, 0.717) is 27.8 Å². The largest absolute Gasteiger partial charge is 0.455 e. The van der Waals surface area contributed by atoms with Crippen molar-refractivity contribution in [3.05, 3.63) is 96.0 Å². The van der Waals surface area contributed by atoms with Crippen LogP contribution < -0.4 is 10.1 Å². The van der Waals surface area contributed by atoms with Crippen molar-refractivity contribution in [3.8, 4) is 11.5 Å². The van der Waals surface area contributed by atoms with Crippen LogP contribution in [0.15, 0.2) is 90.3 Å². The van der Waals surface area contributed by atoms with Gasteiger partial charge in [-0.3, -0.25) is 4.79 Å². The SMILES string of the molecule is C=CCSc1ccccc1C(=O)Nc1cc(Cl)ccc1Oc1ccccc1. The Labute approximate surface area is 168 Å². The predicted molar refractivity (Wildman–Crippen MR) is 113 cm³/mol. The molecule has 3 rings (SSSR count). The van der Waals surface area contributed by atoms with Gasteiger partial charge in [0, 0.05) is 15.7 Å². The Kier molecular flexibility index (Phi) is 6.58. The number of para-hydroxylation sites is 1. The Balaban J connectivity index is 1.86. The van der Waals surface area contributed by atoms with E-state index in [4.69, 9.17) is 16.3 Å². The van der Waals surface area contributed by atoms with Crippen LogP contribution in [0, 0.1) is 0 Å². The average molecular weight is 396 g/mol. The number of rotatable bonds is 7. The molecule has 3 nitrogen and oxygen atoms in total. The van der Waals surface area contributed by atoms with E-state index in [1.165, 1.54) is 0 Å². The Morgan fingerprint density at radius 3 is 2.59 bits per heavy atom. The Morgan fingerprint density at radius 2 is 1.81 bits per heavy atom. The molecule has 0 heterocycles. The Hall–Kier alpha value is -2.69. The standard InChI is InChI=1S/C22H18ClNO2S/c1-2-14-27-21-11-7-6-10-18(21)22(25)24-19-15-16(23)12-13-20(19)26-17-8-4-3-5-9-17/h2-13,15H,1,14H2,(H,24,25). The van der Waals surface area contributed by atoms with Gasteiger partial charge in [-0.25, -0.2) is 0 Å². The molecule has 0 spiro atoms. The lowest BCUT2D eigenvalue weighted by molar-refractivity contribution is 0.102. The number of anilines is 1. The van der Waals surface area contributed by atoms with Gasteiger partial charge in [0.1, 0.15) is 5.75 Å². The lowest BCUT2D eigenvalue weighted by atomic mass is 10.2. The molecule has 3 aromatic rings. The molecule has 0 saturated carbocycles. The van der Waals surface area contributed by atoms with Crippen molar-refractivity contribution in [1.29, 1.82) is 0 Å². The van der Waals surface area contributed by atoms with Crippen molar-refractivity contribution in [2.45, 2.75) is 4.90 Å². The summed E-state index contributed by atoms with van der Waals surface area (Å²) in [6.07, 6.45) is 1.81. The van der Waals surface area contributed by atoms with Crippen LogP contribution in [0.1, 0.15) is 10.4 Å². The molecule has 0 unspecified atom stereocenters. The molecule has 0 aliphatic carbocycles. The molecule has 136 valence electrons. The van der Waals surface area contributed by atoms with Gasteiger partial charge >= 0.3 is 0 Å². The molecule has 0 saturated heterocycles. The fraction of sp³-hybridized carbons (Fsp3) is 0.0455. The molecule has 0 fully saturated rings. The quantitative estimate of drug-likeness (QED) is 0.359. The number of ether oxygens (including phenoxy) is 1. The minimum atomic E-state index is -0.220. The number of hydrogen-bond acceptors (Lipinski definition) is 3. The highest BCUT2D eigenvalue weighted by atomic mass is 35.5. The molecule has 1 N–H and O–H groups in total. The number of hydrogen-bond donors (Lipinski definition) is 1.